The monoisotopic (exact) mass is 225 g/mol. The third-order valence-corrected chi connectivity index (χ3v) is 2.53. The predicted octanol–water partition coefficient (Wildman–Crippen LogP) is -0.0526. The molecule has 1 aromatic rings. The lowest BCUT2D eigenvalue weighted by molar-refractivity contribution is 0.0317. The zero-order chi connectivity index (χ0) is 11.8. The normalized spacial score (nSPS) is 17.7. The lowest BCUT2D eigenvalue weighted by atomic mass is 10.00. The minimum absolute atomic E-state index is 0.220. The Labute approximate surface area is 93.5 Å². The smallest absolute Gasteiger partial charge is 0.362 e. The van der Waals surface area contributed by atoms with Crippen LogP contribution in [0.4, 0.5) is 0 Å². The van der Waals surface area contributed by atoms with Crippen LogP contribution in [0.15, 0.2) is 6.20 Å². The largest absolute Gasteiger partial charge is 0.481 e. The van der Waals surface area contributed by atoms with Gasteiger partial charge >= 0.3 is 5.97 Å². The molecule has 16 heavy (non-hydrogen) atoms. The summed E-state index contributed by atoms with van der Waals surface area (Å²) in [6, 6.07) is 0. The van der Waals surface area contributed by atoms with Crippen LogP contribution < -0.4 is 10.1 Å². The van der Waals surface area contributed by atoms with E-state index in [1.165, 1.54) is 11.8 Å². The molecule has 88 valence electrons. The first-order valence-corrected chi connectivity index (χ1v) is 5.06. The second kappa shape index (κ2) is 3.79. The molecule has 0 radical (unpaired) electrons. The molecule has 0 unspecified atom stereocenters. The average Bonchev–Trinajstić information content (AvgIpc) is 2.56. The highest BCUT2D eigenvalue weighted by Gasteiger charge is 2.35. The second-order valence-corrected chi connectivity index (χ2v) is 4.16. The highest BCUT2D eigenvalue weighted by Crippen LogP contribution is 2.25. The molecule has 1 N–H and O–H groups in total. The number of esters is 1. The third-order valence-electron chi connectivity index (χ3n) is 2.53. The van der Waals surface area contributed by atoms with Crippen molar-refractivity contribution in [3.05, 3.63) is 11.9 Å². The Bertz CT molecular complexity index is 409. The predicted molar refractivity (Wildman–Crippen MR) is 56.5 cm³/mol. The molecule has 0 aromatic carbocycles. The summed E-state index contributed by atoms with van der Waals surface area (Å²) < 4.78 is 12.0. The molecule has 0 aliphatic carbocycles. The highest BCUT2D eigenvalue weighted by molar-refractivity contribution is 5.90. The number of ether oxygens (including phenoxy) is 2. The Morgan fingerprint density at radius 1 is 1.62 bits per heavy atom. The lowest BCUT2D eigenvalue weighted by Gasteiger charge is -2.39. The first-order valence-electron chi connectivity index (χ1n) is 5.06. The fourth-order valence-electron chi connectivity index (χ4n) is 1.59. The van der Waals surface area contributed by atoms with Crippen LogP contribution >= 0.6 is 0 Å². The molecule has 0 atom stereocenters. The Kier molecular flexibility index (Phi) is 2.59. The van der Waals surface area contributed by atoms with Gasteiger partial charge in [0.2, 0.25) is 5.69 Å². The maximum Gasteiger partial charge on any atom is 0.362 e. The molecule has 2 heterocycles. The molecular formula is C10H15N3O3. The number of aromatic nitrogens is 2. The second-order valence-electron chi connectivity index (χ2n) is 4.16. The van der Waals surface area contributed by atoms with Gasteiger partial charge in [0, 0.05) is 20.1 Å². The number of hydrogen-bond acceptors (Lipinski definition) is 5. The number of hydrogen-bond donors (Lipinski definition) is 1. The van der Waals surface area contributed by atoms with Crippen molar-refractivity contribution in [2.24, 2.45) is 7.05 Å². The van der Waals surface area contributed by atoms with Crippen LogP contribution in [0.2, 0.25) is 0 Å². The molecular weight excluding hydrogens is 210 g/mol. The summed E-state index contributed by atoms with van der Waals surface area (Å²) in [6.07, 6.45) is 1.68. The van der Waals surface area contributed by atoms with Gasteiger partial charge in [-0.1, -0.05) is 0 Å². The molecule has 0 saturated carbocycles. The van der Waals surface area contributed by atoms with Crippen molar-refractivity contribution in [2.75, 3.05) is 20.2 Å². The standard InChI is InChI=1S/C10H15N3O3/c1-10(5-11-6-10)16-7-4-13(2)12-8(7)9(14)15-3/h4,11H,5-6H2,1-3H3. The zero-order valence-electron chi connectivity index (χ0n) is 9.61. The van der Waals surface area contributed by atoms with Crippen LogP contribution in [0.1, 0.15) is 17.4 Å². The van der Waals surface area contributed by atoms with Gasteiger partial charge < -0.3 is 14.8 Å². The van der Waals surface area contributed by atoms with Gasteiger partial charge in [0.1, 0.15) is 5.60 Å². The molecule has 1 aliphatic rings. The van der Waals surface area contributed by atoms with Crippen molar-refractivity contribution in [1.82, 2.24) is 15.1 Å². The van der Waals surface area contributed by atoms with E-state index in [1.54, 1.807) is 13.2 Å². The van der Waals surface area contributed by atoms with Crippen molar-refractivity contribution < 1.29 is 14.3 Å². The maximum absolute atomic E-state index is 11.4. The minimum Gasteiger partial charge on any atom is -0.481 e. The van der Waals surface area contributed by atoms with E-state index in [-0.39, 0.29) is 11.3 Å². The van der Waals surface area contributed by atoms with Crippen LogP contribution in [-0.4, -0.2) is 41.6 Å². The fraction of sp³-hybridized carbons (Fsp3) is 0.600. The van der Waals surface area contributed by atoms with Gasteiger partial charge in [-0.15, -0.1) is 0 Å². The maximum atomic E-state index is 11.4. The summed E-state index contributed by atoms with van der Waals surface area (Å²) in [5, 5.41) is 7.14. The molecule has 1 aliphatic heterocycles. The number of methoxy groups -OCH3 is 1. The van der Waals surface area contributed by atoms with Gasteiger partial charge in [-0.05, 0) is 6.92 Å². The van der Waals surface area contributed by atoms with Crippen molar-refractivity contribution in [2.45, 2.75) is 12.5 Å². The van der Waals surface area contributed by atoms with Gasteiger partial charge in [0.15, 0.2) is 5.75 Å². The summed E-state index contributed by atoms with van der Waals surface area (Å²) >= 11 is 0. The van der Waals surface area contributed by atoms with Crippen LogP contribution in [0.5, 0.6) is 5.75 Å². The van der Waals surface area contributed by atoms with E-state index < -0.39 is 5.97 Å². The molecule has 0 amide bonds. The summed E-state index contributed by atoms with van der Waals surface area (Å²) in [4.78, 5) is 11.4. The van der Waals surface area contributed by atoms with Gasteiger partial charge in [-0.3, -0.25) is 4.68 Å². The topological polar surface area (TPSA) is 65.4 Å². The van der Waals surface area contributed by atoms with E-state index in [0.717, 1.165) is 13.1 Å². The SMILES string of the molecule is COC(=O)c1nn(C)cc1OC1(C)CNC1. The summed E-state index contributed by atoms with van der Waals surface area (Å²) in [7, 11) is 3.06. The van der Waals surface area contributed by atoms with Crippen molar-refractivity contribution in [1.29, 1.82) is 0 Å². The molecule has 1 saturated heterocycles. The molecule has 6 heteroatoms. The van der Waals surface area contributed by atoms with E-state index >= 15 is 0 Å². The van der Waals surface area contributed by atoms with Crippen LogP contribution in [0.3, 0.4) is 0 Å². The Morgan fingerprint density at radius 3 is 2.81 bits per heavy atom. The van der Waals surface area contributed by atoms with Gasteiger partial charge in [0.05, 0.1) is 13.3 Å². The number of nitrogens with one attached hydrogen (secondary N) is 1. The number of carbonyl (C=O) groups excluding carboxylic acids is 1. The number of nitrogens with zero attached hydrogens (tertiary/aromatic N) is 2. The fourth-order valence-corrected chi connectivity index (χ4v) is 1.59. The van der Waals surface area contributed by atoms with E-state index in [1.807, 2.05) is 6.92 Å². The lowest BCUT2D eigenvalue weighted by Crippen LogP contribution is -2.61. The third kappa shape index (κ3) is 1.88. The molecule has 2 rings (SSSR count). The number of aryl methyl sites for hydroxylation is 1. The molecule has 1 fully saturated rings. The Balaban J connectivity index is 2.22. The van der Waals surface area contributed by atoms with Crippen molar-refractivity contribution in [3.8, 4) is 5.75 Å². The first kappa shape index (κ1) is 10.9. The molecule has 1 aromatic heterocycles. The van der Waals surface area contributed by atoms with Crippen LogP contribution in [-0.2, 0) is 11.8 Å². The van der Waals surface area contributed by atoms with E-state index in [2.05, 4.69) is 15.2 Å². The molecule has 0 bridgehead atoms. The van der Waals surface area contributed by atoms with Crippen LogP contribution in [0.25, 0.3) is 0 Å². The van der Waals surface area contributed by atoms with E-state index in [4.69, 9.17) is 4.74 Å². The highest BCUT2D eigenvalue weighted by atomic mass is 16.5. The zero-order valence-corrected chi connectivity index (χ0v) is 9.61. The molecule has 6 nitrogen and oxygen atoms in total. The number of carbonyl (C=O) groups is 1. The van der Waals surface area contributed by atoms with Gasteiger partial charge in [-0.25, -0.2) is 4.79 Å². The van der Waals surface area contributed by atoms with Crippen molar-refractivity contribution in [3.63, 3.8) is 0 Å². The minimum atomic E-state index is -0.480. The Hall–Kier alpha value is -1.56. The average molecular weight is 225 g/mol. The summed E-state index contributed by atoms with van der Waals surface area (Å²) in [5.74, 6) is -0.00941. The van der Waals surface area contributed by atoms with Crippen LogP contribution in [0, 0.1) is 0 Å². The van der Waals surface area contributed by atoms with Gasteiger partial charge in [0.25, 0.3) is 0 Å². The van der Waals surface area contributed by atoms with E-state index in [0.29, 0.717) is 5.75 Å². The quantitative estimate of drug-likeness (QED) is 0.730. The molecule has 0 spiro atoms. The summed E-state index contributed by atoms with van der Waals surface area (Å²) in [5.41, 5.74) is -0.0376. The summed E-state index contributed by atoms with van der Waals surface area (Å²) in [6.45, 7) is 3.52. The van der Waals surface area contributed by atoms with Gasteiger partial charge in [-0.2, -0.15) is 5.10 Å². The Morgan fingerprint density at radius 2 is 2.31 bits per heavy atom. The van der Waals surface area contributed by atoms with E-state index in [9.17, 15) is 4.79 Å². The van der Waals surface area contributed by atoms with Crippen molar-refractivity contribution >= 4 is 5.97 Å². The number of rotatable bonds is 3. The first-order chi connectivity index (χ1) is 7.54.